The molecule has 3 aliphatic heterocycles. The number of benzene rings is 3. The molecule has 3 aromatic carbocycles. The first-order chi connectivity index (χ1) is 19.7. The summed E-state index contributed by atoms with van der Waals surface area (Å²) in [5.74, 6) is 1.27. The van der Waals surface area contributed by atoms with Gasteiger partial charge < -0.3 is 19.1 Å². The average molecular weight is 534 g/mol. The second-order valence-electron chi connectivity index (χ2n) is 9.93. The smallest absolute Gasteiger partial charge is 0.278 e. The van der Waals surface area contributed by atoms with Gasteiger partial charge in [0.25, 0.3) is 5.91 Å². The van der Waals surface area contributed by atoms with E-state index in [0.29, 0.717) is 19.8 Å². The predicted molar refractivity (Wildman–Crippen MR) is 149 cm³/mol. The lowest BCUT2D eigenvalue weighted by Crippen LogP contribution is -2.55. The number of fused-ring (bicyclic) bond motifs is 7. The highest BCUT2D eigenvalue weighted by Gasteiger charge is 2.40. The van der Waals surface area contributed by atoms with Crippen molar-refractivity contribution in [2.75, 3.05) is 24.8 Å². The van der Waals surface area contributed by atoms with Gasteiger partial charge in [-0.05, 0) is 29.3 Å². The summed E-state index contributed by atoms with van der Waals surface area (Å²) in [6.45, 7) is 1.55. The molecule has 8 heteroatoms. The van der Waals surface area contributed by atoms with Crippen molar-refractivity contribution in [1.82, 2.24) is 9.58 Å². The molecule has 1 atom stereocenters. The summed E-state index contributed by atoms with van der Waals surface area (Å²) >= 11 is 0. The zero-order valence-electron chi connectivity index (χ0n) is 21.7. The topological polar surface area (TPSA) is 73.2 Å². The Balaban J connectivity index is 1.45. The summed E-state index contributed by atoms with van der Waals surface area (Å²) in [5, 5.41) is 2.09. The molecule has 0 unspecified atom stereocenters. The van der Waals surface area contributed by atoms with E-state index in [4.69, 9.17) is 14.2 Å². The molecule has 0 N–H and O–H groups in total. The summed E-state index contributed by atoms with van der Waals surface area (Å²) in [5.41, 5.74) is 3.66. The quantitative estimate of drug-likeness (QED) is 0.364. The Bertz CT molecular complexity index is 1680. The maximum Gasteiger partial charge on any atom is 0.278 e. The Morgan fingerprint density at radius 2 is 1.68 bits per heavy atom. The molecule has 1 amide bonds. The molecule has 0 spiro atoms. The van der Waals surface area contributed by atoms with Gasteiger partial charge in [-0.3, -0.25) is 19.3 Å². The van der Waals surface area contributed by atoms with Crippen molar-refractivity contribution in [2.45, 2.75) is 19.3 Å². The molecule has 1 aromatic heterocycles. The van der Waals surface area contributed by atoms with E-state index in [1.165, 1.54) is 6.07 Å². The number of amides is 1. The van der Waals surface area contributed by atoms with Crippen LogP contribution in [0.3, 0.4) is 0 Å². The number of hydrogen-bond acceptors (Lipinski definition) is 6. The first kappa shape index (κ1) is 24.1. The van der Waals surface area contributed by atoms with Crippen LogP contribution in [0.1, 0.15) is 38.8 Å². The maximum absolute atomic E-state index is 14.0. The lowest BCUT2D eigenvalue weighted by Gasteiger charge is -2.44. The molecule has 4 heterocycles. The van der Waals surface area contributed by atoms with Crippen LogP contribution in [0.4, 0.5) is 0 Å². The van der Waals surface area contributed by atoms with Crippen molar-refractivity contribution in [1.29, 1.82) is 0 Å². The molecule has 0 saturated heterocycles. The highest BCUT2D eigenvalue weighted by Crippen LogP contribution is 2.44. The van der Waals surface area contributed by atoms with Gasteiger partial charge in [0, 0.05) is 29.9 Å². The fourth-order valence-electron chi connectivity index (χ4n) is 5.61. The number of pyridine rings is 1. The molecule has 7 rings (SSSR count). The van der Waals surface area contributed by atoms with Crippen LogP contribution in [0.15, 0.2) is 102 Å². The van der Waals surface area contributed by atoms with Gasteiger partial charge in [-0.2, -0.15) is 0 Å². The second-order valence-corrected chi connectivity index (χ2v) is 9.93. The Hall–Kier alpha value is -4.98. The third kappa shape index (κ3) is 4.09. The number of carbonyl (C=O) groups excluding carboxylic acids is 1. The molecule has 0 aliphatic carbocycles. The summed E-state index contributed by atoms with van der Waals surface area (Å²) in [6, 6.07) is 24.6. The van der Waals surface area contributed by atoms with Crippen LogP contribution >= 0.6 is 0 Å². The van der Waals surface area contributed by atoms with Crippen LogP contribution in [0.25, 0.3) is 0 Å². The zero-order chi connectivity index (χ0) is 27.1. The molecule has 0 fully saturated rings. The van der Waals surface area contributed by atoms with Gasteiger partial charge in [-0.25, -0.2) is 0 Å². The predicted octanol–water partition coefficient (Wildman–Crippen LogP) is 4.41. The van der Waals surface area contributed by atoms with Gasteiger partial charge in [0.1, 0.15) is 44.0 Å². The lowest BCUT2D eigenvalue weighted by molar-refractivity contribution is 0.0698. The molecular weight excluding hydrogens is 506 g/mol. The van der Waals surface area contributed by atoms with Crippen LogP contribution in [0.2, 0.25) is 0 Å². The third-order valence-electron chi connectivity index (χ3n) is 7.50. The van der Waals surface area contributed by atoms with E-state index in [1.807, 2.05) is 84.9 Å². The van der Waals surface area contributed by atoms with E-state index in [1.54, 1.807) is 15.8 Å². The zero-order valence-corrected chi connectivity index (χ0v) is 21.7. The van der Waals surface area contributed by atoms with E-state index in [2.05, 4.69) is 5.01 Å². The molecule has 2 bridgehead atoms. The summed E-state index contributed by atoms with van der Waals surface area (Å²) in [7, 11) is 0. The van der Waals surface area contributed by atoms with Crippen molar-refractivity contribution >= 4 is 5.91 Å². The van der Waals surface area contributed by atoms with E-state index in [-0.39, 0.29) is 42.1 Å². The summed E-state index contributed by atoms with van der Waals surface area (Å²) in [4.78, 5) is 28.9. The standard InChI is InChI=1S/C32H27N3O5/c36-25-15-17-34-30(31(25)40-19-22-9-2-1-3-10-22)32(37)33-16-6-7-18-38-27-14-8-11-23-20-39-26-13-5-4-12-24(26)29(28(23)27)35(34)21-33/h1-15,17,29H,16,18-21H2/b7-6-/t29-/m0/s1. The molecular formula is C32H27N3O5. The number of carbonyl (C=O) groups is 1. The van der Waals surface area contributed by atoms with Gasteiger partial charge in [-0.1, -0.05) is 66.7 Å². The first-order valence-electron chi connectivity index (χ1n) is 13.3. The molecule has 0 radical (unpaired) electrons. The van der Waals surface area contributed by atoms with Crippen LogP contribution in [-0.2, 0) is 13.2 Å². The number of aromatic nitrogens is 1. The van der Waals surface area contributed by atoms with Gasteiger partial charge >= 0.3 is 0 Å². The molecule has 200 valence electrons. The lowest BCUT2D eigenvalue weighted by atomic mass is 9.93. The second kappa shape index (κ2) is 9.96. The van der Waals surface area contributed by atoms with E-state index >= 15 is 0 Å². The van der Waals surface area contributed by atoms with Crippen molar-refractivity contribution in [3.63, 3.8) is 0 Å². The molecule has 3 aliphatic rings. The van der Waals surface area contributed by atoms with E-state index in [0.717, 1.165) is 33.8 Å². The Kier molecular flexibility index (Phi) is 6.00. The van der Waals surface area contributed by atoms with Crippen LogP contribution in [-0.4, -0.2) is 35.3 Å². The number of nitrogens with zero attached hydrogens (tertiary/aromatic N) is 3. The van der Waals surface area contributed by atoms with Crippen LogP contribution < -0.4 is 24.6 Å². The Morgan fingerprint density at radius 1 is 0.850 bits per heavy atom. The minimum atomic E-state index is -0.373. The normalized spacial score (nSPS) is 18.1. The number of hydrogen-bond donors (Lipinski definition) is 0. The summed E-state index contributed by atoms with van der Waals surface area (Å²) in [6.07, 6.45) is 5.50. The third-order valence-corrected chi connectivity index (χ3v) is 7.50. The molecule has 0 saturated carbocycles. The maximum atomic E-state index is 14.0. The number of rotatable bonds is 3. The largest absolute Gasteiger partial charge is 0.489 e. The van der Waals surface area contributed by atoms with Crippen LogP contribution in [0, 0.1) is 0 Å². The number of ether oxygens (including phenoxy) is 3. The van der Waals surface area contributed by atoms with Gasteiger partial charge in [0.05, 0.1) is 0 Å². The fourth-order valence-corrected chi connectivity index (χ4v) is 5.61. The van der Waals surface area contributed by atoms with Crippen LogP contribution in [0.5, 0.6) is 17.2 Å². The Labute approximate surface area is 231 Å². The van der Waals surface area contributed by atoms with Crippen molar-refractivity contribution in [3.8, 4) is 17.2 Å². The molecule has 40 heavy (non-hydrogen) atoms. The molecule has 8 nitrogen and oxygen atoms in total. The average Bonchev–Trinajstić information content (AvgIpc) is 3.17. The highest BCUT2D eigenvalue weighted by atomic mass is 16.5. The Morgan fingerprint density at radius 3 is 2.58 bits per heavy atom. The van der Waals surface area contributed by atoms with Gasteiger partial charge in [-0.15, -0.1) is 0 Å². The van der Waals surface area contributed by atoms with Gasteiger partial charge in [0.15, 0.2) is 11.4 Å². The minimum Gasteiger partial charge on any atom is -0.489 e. The van der Waals surface area contributed by atoms with Gasteiger partial charge in [0.2, 0.25) is 5.43 Å². The fraction of sp³-hybridized carbons (Fsp3) is 0.188. The van der Waals surface area contributed by atoms with Crippen molar-refractivity contribution in [3.05, 3.63) is 135 Å². The van der Waals surface area contributed by atoms with E-state index < -0.39 is 0 Å². The highest BCUT2D eigenvalue weighted by molar-refractivity contribution is 5.96. The van der Waals surface area contributed by atoms with E-state index in [9.17, 15) is 9.59 Å². The SMILES string of the molecule is O=C1c2c(OCc3ccccc3)c(=O)ccn2N2CN1C/C=C\COc1cccc3c1[C@@H]2c1ccccc1OC3. The molecule has 4 aromatic rings. The monoisotopic (exact) mass is 533 g/mol. The first-order valence-corrected chi connectivity index (χ1v) is 13.3. The minimum absolute atomic E-state index is 0.0350. The summed E-state index contributed by atoms with van der Waals surface area (Å²) < 4.78 is 20.4. The number of para-hydroxylation sites is 1. The van der Waals surface area contributed by atoms with Crippen molar-refractivity contribution in [2.24, 2.45) is 0 Å². The van der Waals surface area contributed by atoms with Crippen molar-refractivity contribution < 1.29 is 19.0 Å².